The molecule has 2 aromatic carbocycles. The number of benzene rings is 2. The number of nitrogens with zero attached hydrogens (tertiary/aromatic N) is 3. The average molecular weight is 382 g/mol. The van der Waals surface area contributed by atoms with Gasteiger partial charge in [0.1, 0.15) is 18.0 Å². The molecule has 0 aliphatic carbocycles. The van der Waals surface area contributed by atoms with E-state index in [2.05, 4.69) is 15.6 Å². The van der Waals surface area contributed by atoms with Gasteiger partial charge in [-0.2, -0.15) is 0 Å². The molecule has 28 heavy (non-hydrogen) atoms. The molecule has 0 saturated carbocycles. The summed E-state index contributed by atoms with van der Waals surface area (Å²) in [5.41, 5.74) is 2.14. The van der Waals surface area contributed by atoms with Crippen molar-refractivity contribution < 1.29 is 19.0 Å². The molecule has 8 heteroatoms. The van der Waals surface area contributed by atoms with Crippen molar-refractivity contribution in [2.24, 2.45) is 0 Å². The number of nitrogens with one attached hydrogen (secondary N) is 1. The molecular formula is C20H22N4O4. The monoisotopic (exact) mass is 382 g/mol. The minimum Gasteiger partial charge on any atom is -0.494 e. The summed E-state index contributed by atoms with van der Waals surface area (Å²) in [5.74, 6) is 1.79. The largest absolute Gasteiger partial charge is 0.494 e. The predicted molar refractivity (Wildman–Crippen MR) is 105 cm³/mol. The number of aromatic nitrogens is 3. The molecule has 0 unspecified atom stereocenters. The van der Waals surface area contributed by atoms with Crippen molar-refractivity contribution in [1.82, 2.24) is 15.0 Å². The molecule has 0 spiro atoms. The summed E-state index contributed by atoms with van der Waals surface area (Å²) >= 11 is 0. The second-order valence-corrected chi connectivity index (χ2v) is 5.88. The van der Waals surface area contributed by atoms with Crippen molar-refractivity contribution in [2.75, 3.05) is 26.1 Å². The second kappa shape index (κ2) is 8.90. The number of hydrogen-bond acceptors (Lipinski definition) is 6. The lowest BCUT2D eigenvalue weighted by Gasteiger charge is -2.08. The number of carbonyl (C=O) groups is 1. The maximum atomic E-state index is 12.3. The third-order valence-electron chi connectivity index (χ3n) is 3.97. The topological polar surface area (TPSA) is 87.5 Å². The van der Waals surface area contributed by atoms with Crippen molar-refractivity contribution >= 4 is 11.6 Å². The summed E-state index contributed by atoms with van der Waals surface area (Å²) in [6.07, 6.45) is 1.71. The summed E-state index contributed by atoms with van der Waals surface area (Å²) in [7, 11) is 3.15. The van der Waals surface area contributed by atoms with Gasteiger partial charge >= 0.3 is 0 Å². The van der Waals surface area contributed by atoms with Gasteiger partial charge in [0, 0.05) is 11.3 Å². The molecule has 1 amide bonds. The van der Waals surface area contributed by atoms with Gasteiger partial charge in [0.05, 0.1) is 27.0 Å². The number of methoxy groups -OCH3 is 2. The van der Waals surface area contributed by atoms with Crippen molar-refractivity contribution in [3.05, 3.63) is 48.7 Å². The number of rotatable bonds is 8. The first-order valence-electron chi connectivity index (χ1n) is 8.78. The summed E-state index contributed by atoms with van der Waals surface area (Å²) < 4.78 is 17.4. The Bertz CT molecular complexity index is 938. The van der Waals surface area contributed by atoms with Crippen LogP contribution in [0, 0.1) is 0 Å². The molecule has 0 atom stereocenters. The first-order valence-corrected chi connectivity index (χ1v) is 8.78. The molecule has 146 valence electrons. The van der Waals surface area contributed by atoms with E-state index in [1.165, 1.54) is 4.68 Å². The van der Waals surface area contributed by atoms with Crippen LogP contribution in [-0.2, 0) is 11.3 Å². The fourth-order valence-corrected chi connectivity index (χ4v) is 2.65. The Balaban J connectivity index is 1.64. The maximum Gasteiger partial charge on any atom is 0.246 e. The smallest absolute Gasteiger partial charge is 0.246 e. The summed E-state index contributed by atoms with van der Waals surface area (Å²) in [4.78, 5) is 12.3. The Kier molecular flexibility index (Phi) is 6.11. The van der Waals surface area contributed by atoms with Crippen LogP contribution in [0.2, 0.25) is 0 Å². The van der Waals surface area contributed by atoms with E-state index in [4.69, 9.17) is 14.2 Å². The van der Waals surface area contributed by atoms with Gasteiger partial charge in [-0.1, -0.05) is 5.21 Å². The van der Waals surface area contributed by atoms with Crippen LogP contribution in [0.1, 0.15) is 6.92 Å². The normalized spacial score (nSPS) is 10.4. The van der Waals surface area contributed by atoms with Gasteiger partial charge in [0.15, 0.2) is 11.5 Å². The molecule has 0 aliphatic heterocycles. The number of amides is 1. The Morgan fingerprint density at radius 3 is 2.50 bits per heavy atom. The summed E-state index contributed by atoms with van der Waals surface area (Å²) in [6, 6.07) is 12.7. The van der Waals surface area contributed by atoms with E-state index in [0.29, 0.717) is 29.5 Å². The highest BCUT2D eigenvalue weighted by atomic mass is 16.5. The fraction of sp³-hybridized carbons (Fsp3) is 0.250. The van der Waals surface area contributed by atoms with E-state index in [1.54, 1.807) is 38.6 Å². The highest BCUT2D eigenvalue weighted by Crippen LogP contribution is 2.31. The molecule has 1 heterocycles. The number of anilines is 1. The summed E-state index contributed by atoms with van der Waals surface area (Å²) in [5, 5.41) is 11.0. The van der Waals surface area contributed by atoms with E-state index in [0.717, 1.165) is 11.3 Å². The lowest BCUT2D eigenvalue weighted by atomic mass is 10.1. The van der Waals surface area contributed by atoms with Crippen molar-refractivity contribution in [3.8, 4) is 28.5 Å². The highest BCUT2D eigenvalue weighted by Gasteiger charge is 2.11. The molecular weight excluding hydrogens is 360 g/mol. The van der Waals surface area contributed by atoms with Gasteiger partial charge in [0.2, 0.25) is 5.91 Å². The minimum absolute atomic E-state index is 0.0491. The minimum atomic E-state index is -0.201. The Hall–Kier alpha value is -3.55. The number of hydrogen-bond donors (Lipinski definition) is 1. The van der Waals surface area contributed by atoms with E-state index in [-0.39, 0.29) is 12.5 Å². The molecule has 0 bridgehead atoms. The molecule has 8 nitrogen and oxygen atoms in total. The van der Waals surface area contributed by atoms with Gasteiger partial charge in [0.25, 0.3) is 0 Å². The van der Waals surface area contributed by atoms with E-state index < -0.39 is 0 Å². The molecule has 3 rings (SSSR count). The molecule has 0 fully saturated rings. The lowest BCUT2D eigenvalue weighted by molar-refractivity contribution is -0.116. The molecule has 0 aliphatic rings. The quantitative estimate of drug-likeness (QED) is 0.644. The van der Waals surface area contributed by atoms with Crippen LogP contribution in [0.5, 0.6) is 17.2 Å². The number of ether oxygens (including phenoxy) is 3. The maximum absolute atomic E-state index is 12.3. The highest BCUT2D eigenvalue weighted by molar-refractivity contribution is 5.90. The lowest BCUT2D eigenvalue weighted by Crippen LogP contribution is -2.19. The first kappa shape index (κ1) is 19.2. The predicted octanol–water partition coefficient (Wildman–Crippen LogP) is 3.00. The zero-order valence-corrected chi connectivity index (χ0v) is 16.0. The van der Waals surface area contributed by atoms with E-state index >= 15 is 0 Å². The van der Waals surface area contributed by atoms with Gasteiger partial charge in [-0.05, 0) is 49.4 Å². The average Bonchev–Trinajstić information content (AvgIpc) is 3.17. The SMILES string of the molecule is CCOc1ccc(NC(=O)Cn2cc(-c3ccc(OC)c(OC)c3)nn2)cc1. The van der Waals surface area contributed by atoms with Crippen LogP contribution in [0.4, 0.5) is 5.69 Å². The van der Waals surface area contributed by atoms with Crippen LogP contribution < -0.4 is 19.5 Å². The van der Waals surface area contributed by atoms with Crippen molar-refractivity contribution in [1.29, 1.82) is 0 Å². The third kappa shape index (κ3) is 4.59. The van der Waals surface area contributed by atoms with E-state index in [9.17, 15) is 4.79 Å². The zero-order chi connectivity index (χ0) is 19.9. The van der Waals surface area contributed by atoms with Gasteiger partial charge in [-0.25, -0.2) is 4.68 Å². The first-order chi connectivity index (χ1) is 13.6. The van der Waals surface area contributed by atoms with Crippen LogP contribution in [0.15, 0.2) is 48.7 Å². The Morgan fingerprint density at radius 2 is 1.82 bits per heavy atom. The summed E-state index contributed by atoms with van der Waals surface area (Å²) in [6.45, 7) is 2.57. The van der Waals surface area contributed by atoms with E-state index in [1.807, 2.05) is 31.2 Å². The van der Waals surface area contributed by atoms with Crippen molar-refractivity contribution in [2.45, 2.75) is 13.5 Å². The van der Waals surface area contributed by atoms with Gasteiger partial charge < -0.3 is 19.5 Å². The Labute approximate surface area is 163 Å². The third-order valence-corrected chi connectivity index (χ3v) is 3.97. The standard InChI is InChI=1S/C20H22N4O4/c1-4-28-16-8-6-15(7-9-16)21-20(25)13-24-12-17(22-23-24)14-5-10-18(26-2)19(11-14)27-3/h5-12H,4,13H2,1-3H3,(H,21,25). The Morgan fingerprint density at radius 1 is 1.07 bits per heavy atom. The molecule has 1 N–H and O–H groups in total. The van der Waals surface area contributed by atoms with Gasteiger partial charge in [-0.15, -0.1) is 5.10 Å². The van der Waals surface area contributed by atoms with Crippen LogP contribution in [0.25, 0.3) is 11.3 Å². The molecule has 1 aromatic heterocycles. The zero-order valence-electron chi connectivity index (χ0n) is 16.0. The van der Waals surface area contributed by atoms with Crippen LogP contribution in [-0.4, -0.2) is 41.7 Å². The molecule has 3 aromatic rings. The number of carbonyl (C=O) groups excluding carboxylic acids is 1. The van der Waals surface area contributed by atoms with Crippen molar-refractivity contribution in [3.63, 3.8) is 0 Å². The molecule has 0 radical (unpaired) electrons. The second-order valence-electron chi connectivity index (χ2n) is 5.88. The molecule has 0 saturated heterocycles. The fourth-order valence-electron chi connectivity index (χ4n) is 2.65. The van der Waals surface area contributed by atoms with Crippen LogP contribution in [0.3, 0.4) is 0 Å². The van der Waals surface area contributed by atoms with Crippen LogP contribution >= 0.6 is 0 Å². The van der Waals surface area contributed by atoms with Gasteiger partial charge in [-0.3, -0.25) is 4.79 Å².